The van der Waals surface area contributed by atoms with Crippen LogP contribution in [0.4, 0.5) is 17.6 Å². The number of esters is 1. The molecule has 7 nitrogen and oxygen atoms in total. The number of hydrogen-bond acceptors (Lipinski definition) is 7. The van der Waals surface area contributed by atoms with Crippen molar-refractivity contribution in [3.8, 4) is 29.1 Å². The van der Waals surface area contributed by atoms with Crippen molar-refractivity contribution >= 4 is 5.97 Å². The van der Waals surface area contributed by atoms with Crippen LogP contribution in [0, 0.1) is 17.1 Å². The lowest BCUT2D eigenvalue weighted by Gasteiger charge is -2.11. The summed E-state index contributed by atoms with van der Waals surface area (Å²) in [6.07, 6.45) is -4.93. The van der Waals surface area contributed by atoms with Crippen molar-refractivity contribution in [1.29, 1.82) is 5.26 Å². The summed E-state index contributed by atoms with van der Waals surface area (Å²) in [5.74, 6) is -2.91. The van der Waals surface area contributed by atoms with E-state index in [4.69, 9.17) is 14.7 Å². The van der Waals surface area contributed by atoms with Gasteiger partial charge < -0.3 is 9.47 Å². The third-order valence-electron chi connectivity index (χ3n) is 3.85. The van der Waals surface area contributed by atoms with Gasteiger partial charge in [0.1, 0.15) is 11.6 Å². The van der Waals surface area contributed by atoms with E-state index < -0.39 is 29.2 Å². The molecular weight excluding hydrogens is 420 g/mol. The van der Waals surface area contributed by atoms with Gasteiger partial charge in [0.25, 0.3) is 5.88 Å². The van der Waals surface area contributed by atoms with Crippen LogP contribution in [-0.4, -0.2) is 27.8 Å². The van der Waals surface area contributed by atoms with Gasteiger partial charge in [-0.25, -0.2) is 9.18 Å². The topological polar surface area (TPSA) is 98.0 Å². The number of nitrogens with zero attached hydrogens (tertiary/aromatic N) is 4. The number of nitriles is 1. The van der Waals surface area contributed by atoms with E-state index in [1.165, 1.54) is 24.3 Å². The molecule has 3 rings (SSSR count). The molecule has 0 N–H and O–H groups in total. The molecule has 0 amide bonds. The first-order valence-electron chi connectivity index (χ1n) is 8.70. The molecule has 0 unspecified atom stereocenters. The van der Waals surface area contributed by atoms with Crippen LogP contribution in [-0.2, 0) is 10.9 Å². The molecule has 0 saturated carbocycles. The summed E-state index contributed by atoms with van der Waals surface area (Å²) in [5.41, 5.74) is -1.75. The molecule has 3 aromatic rings. The van der Waals surface area contributed by atoms with E-state index in [0.29, 0.717) is 17.7 Å². The zero-order chi connectivity index (χ0) is 22.6. The molecule has 1 heterocycles. The summed E-state index contributed by atoms with van der Waals surface area (Å²) in [5, 5.41) is 16.2. The van der Waals surface area contributed by atoms with Gasteiger partial charge in [-0.15, -0.1) is 10.2 Å². The minimum Gasteiger partial charge on any atom is -0.461 e. The fourth-order valence-electron chi connectivity index (χ4n) is 2.42. The van der Waals surface area contributed by atoms with Gasteiger partial charge >= 0.3 is 12.1 Å². The molecule has 0 aliphatic heterocycles. The Kier molecular flexibility index (Phi) is 6.10. The van der Waals surface area contributed by atoms with Gasteiger partial charge in [-0.05, 0) is 49.4 Å². The normalized spacial score (nSPS) is 11.0. The van der Waals surface area contributed by atoms with Crippen LogP contribution in [0.15, 0.2) is 42.5 Å². The summed E-state index contributed by atoms with van der Waals surface area (Å²) in [7, 11) is 0. The number of halogens is 4. The largest absolute Gasteiger partial charge is 0.461 e. The van der Waals surface area contributed by atoms with Crippen LogP contribution >= 0.6 is 0 Å². The van der Waals surface area contributed by atoms with Crippen molar-refractivity contribution in [2.24, 2.45) is 0 Å². The number of hydrogen-bond donors (Lipinski definition) is 0. The zero-order valence-electron chi connectivity index (χ0n) is 15.8. The smallest absolute Gasteiger partial charge is 0.419 e. The van der Waals surface area contributed by atoms with Crippen molar-refractivity contribution in [1.82, 2.24) is 15.2 Å². The first kappa shape index (κ1) is 21.6. The number of rotatable bonds is 5. The van der Waals surface area contributed by atoms with E-state index in [0.717, 1.165) is 6.07 Å². The Morgan fingerprint density at radius 3 is 2.45 bits per heavy atom. The second-order valence-corrected chi connectivity index (χ2v) is 5.94. The van der Waals surface area contributed by atoms with E-state index >= 15 is 0 Å². The molecule has 158 valence electrons. The molecule has 0 atom stereocenters. The lowest BCUT2D eigenvalue weighted by atomic mass is 10.1. The highest BCUT2D eigenvalue weighted by molar-refractivity contribution is 5.89. The second kappa shape index (κ2) is 8.74. The third-order valence-corrected chi connectivity index (χ3v) is 3.85. The Morgan fingerprint density at radius 2 is 1.84 bits per heavy atom. The van der Waals surface area contributed by atoms with Gasteiger partial charge in [-0.3, -0.25) is 0 Å². The van der Waals surface area contributed by atoms with E-state index in [1.54, 1.807) is 6.92 Å². The molecule has 31 heavy (non-hydrogen) atoms. The maximum absolute atomic E-state index is 13.6. The van der Waals surface area contributed by atoms with Crippen LogP contribution < -0.4 is 4.74 Å². The Hall–Kier alpha value is -4.07. The first-order valence-corrected chi connectivity index (χ1v) is 8.70. The number of benzene rings is 2. The van der Waals surface area contributed by atoms with Gasteiger partial charge in [0.2, 0.25) is 5.69 Å². The predicted octanol–water partition coefficient (Wildman–Crippen LogP) is 4.54. The summed E-state index contributed by atoms with van der Waals surface area (Å²) >= 11 is 0. The lowest BCUT2D eigenvalue weighted by Crippen LogP contribution is -2.13. The molecule has 1 aromatic heterocycles. The summed E-state index contributed by atoms with van der Waals surface area (Å²) in [6.45, 7) is 1.58. The van der Waals surface area contributed by atoms with Gasteiger partial charge in [-0.1, -0.05) is 0 Å². The molecule has 0 bridgehead atoms. The minimum absolute atomic E-state index is 0.0193. The van der Waals surface area contributed by atoms with Crippen molar-refractivity contribution in [2.75, 3.05) is 6.61 Å². The highest BCUT2D eigenvalue weighted by Gasteiger charge is 2.34. The van der Waals surface area contributed by atoms with Crippen LogP contribution in [0.1, 0.15) is 28.5 Å². The van der Waals surface area contributed by atoms with Crippen LogP contribution in [0.25, 0.3) is 11.4 Å². The van der Waals surface area contributed by atoms with Crippen LogP contribution in [0.2, 0.25) is 0 Å². The average molecular weight is 432 g/mol. The Balaban J connectivity index is 2.06. The van der Waals surface area contributed by atoms with Crippen molar-refractivity contribution in [2.45, 2.75) is 13.1 Å². The van der Waals surface area contributed by atoms with Gasteiger partial charge in [0.05, 0.1) is 23.8 Å². The average Bonchev–Trinajstić information content (AvgIpc) is 2.74. The SMILES string of the molecule is CCOC(=O)c1nnc(-c2ccc(F)c(C(F)(F)F)c2)nc1Oc1ccc(C#N)cc1. The Labute approximate surface area is 172 Å². The lowest BCUT2D eigenvalue weighted by molar-refractivity contribution is -0.139. The number of ether oxygens (including phenoxy) is 2. The third kappa shape index (κ3) is 4.92. The Morgan fingerprint density at radius 1 is 1.13 bits per heavy atom. The fourth-order valence-corrected chi connectivity index (χ4v) is 2.42. The number of alkyl halides is 3. The zero-order valence-corrected chi connectivity index (χ0v) is 15.8. The number of carbonyl (C=O) groups excluding carboxylic acids is 1. The molecule has 2 aromatic carbocycles. The maximum atomic E-state index is 13.6. The molecule has 0 fully saturated rings. The maximum Gasteiger partial charge on any atom is 0.419 e. The molecule has 0 aliphatic carbocycles. The van der Waals surface area contributed by atoms with Crippen molar-refractivity contribution < 1.29 is 31.8 Å². The summed E-state index contributed by atoms with van der Waals surface area (Å²) in [6, 6.07) is 9.87. The van der Waals surface area contributed by atoms with E-state index in [2.05, 4.69) is 15.2 Å². The van der Waals surface area contributed by atoms with Gasteiger partial charge in [0.15, 0.2) is 5.82 Å². The first-order chi connectivity index (χ1) is 14.7. The van der Waals surface area contributed by atoms with Gasteiger partial charge in [0, 0.05) is 5.56 Å². The molecular formula is C20H12F4N4O3. The highest BCUT2D eigenvalue weighted by Crippen LogP contribution is 2.34. The molecule has 0 spiro atoms. The standard InChI is InChI=1S/C20H12F4N4O3/c1-2-30-19(29)16-18(31-13-6-3-11(10-25)4-7-13)26-17(28-27-16)12-5-8-15(21)14(9-12)20(22,23)24/h3-9H,2H2,1H3. The Bertz CT molecular complexity index is 1160. The predicted molar refractivity (Wildman–Crippen MR) is 97.4 cm³/mol. The number of carbonyl (C=O) groups is 1. The molecule has 0 radical (unpaired) electrons. The van der Waals surface area contributed by atoms with Crippen LogP contribution in [0.3, 0.4) is 0 Å². The van der Waals surface area contributed by atoms with E-state index in [9.17, 15) is 22.4 Å². The molecule has 0 saturated heterocycles. The monoisotopic (exact) mass is 432 g/mol. The molecule has 11 heteroatoms. The quantitative estimate of drug-likeness (QED) is 0.431. The van der Waals surface area contributed by atoms with Crippen LogP contribution in [0.5, 0.6) is 11.6 Å². The van der Waals surface area contributed by atoms with E-state index in [1.807, 2.05) is 6.07 Å². The summed E-state index contributed by atoms with van der Waals surface area (Å²) in [4.78, 5) is 16.1. The fraction of sp³-hybridized carbons (Fsp3) is 0.150. The van der Waals surface area contributed by atoms with Crippen molar-refractivity contribution in [3.63, 3.8) is 0 Å². The summed E-state index contributed by atoms with van der Waals surface area (Å²) < 4.78 is 63.1. The molecule has 0 aliphatic rings. The second-order valence-electron chi connectivity index (χ2n) is 5.94. The number of aromatic nitrogens is 3. The van der Waals surface area contributed by atoms with E-state index in [-0.39, 0.29) is 29.6 Å². The highest BCUT2D eigenvalue weighted by atomic mass is 19.4. The van der Waals surface area contributed by atoms with Crippen molar-refractivity contribution in [3.05, 3.63) is 65.1 Å². The minimum atomic E-state index is -4.93. The van der Waals surface area contributed by atoms with Gasteiger partial charge in [-0.2, -0.15) is 23.4 Å².